The lowest BCUT2D eigenvalue weighted by Crippen LogP contribution is -2.66. The predicted octanol–water partition coefficient (Wildman–Crippen LogP) is 1.74. The molecule has 0 aromatic carbocycles. The maximum Gasteiger partial charge on any atom is 0.252 e. The van der Waals surface area contributed by atoms with E-state index in [9.17, 15) is 13.6 Å². The second kappa shape index (κ2) is 3.01. The SMILES string of the molecule is CC(=O)C1(NC(C)C)CC(F)(F)C1. The van der Waals surface area contributed by atoms with Gasteiger partial charge in [0, 0.05) is 18.9 Å². The van der Waals surface area contributed by atoms with Crippen molar-refractivity contribution in [1.82, 2.24) is 5.32 Å². The molecule has 0 heterocycles. The van der Waals surface area contributed by atoms with Crippen molar-refractivity contribution in [3.05, 3.63) is 0 Å². The van der Waals surface area contributed by atoms with Crippen LogP contribution in [0.2, 0.25) is 0 Å². The van der Waals surface area contributed by atoms with Gasteiger partial charge in [0.1, 0.15) is 5.78 Å². The summed E-state index contributed by atoms with van der Waals surface area (Å²) in [6.45, 7) is 5.06. The zero-order valence-electron chi connectivity index (χ0n) is 8.16. The second-order valence-corrected chi connectivity index (χ2v) is 4.15. The van der Waals surface area contributed by atoms with Gasteiger partial charge in [-0.25, -0.2) is 8.78 Å². The van der Waals surface area contributed by atoms with Crippen LogP contribution < -0.4 is 5.32 Å². The highest BCUT2D eigenvalue weighted by atomic mass is 19.3. The Hall–Kier alpha value is -0.510. The first-order chi connectivity index (χ1) is 5.77. The third-order valence-electron chi connectivity index (χ3n) is 2.36. The van der Waals surface area contributed by atoms with E-state index in [4.69, 9.17) is 0 Å². The van der Waals surface area contributed by atoms with Crippen molar-refractivity contribution in [2.75, 3.05) is 0 Å². The highest BCUT2D eigenvalue weighted by molar-refractivity contribution is 5.87. The molecule has 0 aromatic heterocycles. The topological polar surface area (TPSA) is 29.1 Å². The molecule has 2 nitrogen and oxygen atoms in total. The Labute approximate surface area is 76.7 Å². The Balaban J connectivity index is 2.66. The van der Waals surface area contributed by atoms with E-state index in [0.29, 0.717) is 0 Å². The van der Waals surface area contributed by atoms with Crippen molar-refractivity contribution in [2.45, 2.75) is 51.1 Å². The first-order valence-electron chi connectivity index (χ1n) is 4.44. The summed E-state index contributed by atoms with van der Waals surface area (Å²) in [5, 5.41) is 2.92. The summed E-state index contributed by atoms with van der Waals surface area (Å²) in [5.74, 6) is -2.85. The molecule has 0 radical (unpaired) electrons. The van der Waals surface area contributed by atoms with Crippen LogP contribution in [-0.4, -0.2) is 23.3 Å². The van der Waals surface area contributed by atoms with E-state index in [-0.39, 0.29) is 24.7 Å². The molecule has 1 rings (SSSR count). The van der Waals surface area contributed by atoms with Crippen molar-refractivity contribution >= 4 is 5.78 Å². The van der Waals surface area contributed by atoms with E-state index in [1.54, 1.807) is 0 Å². The zero-order chi connectivity index (χ0) is 10.3. The second-order valence-electron chi connectivity index (χ2n) is 4.15. The number of carbonyl (C=O) groups excluding carboxylic acids is 1. The number of rotatable bonds is 3. The number of ketones is 1. The van der Waals surface area contributed by atoms with Gasteiger partial charge in [-0.15, -0.1) is 0 Å². The standard InChI is InChI=1S/C9H15F2NO/c1-6(2)12-8(7(3)13)4-9(10,11)5-8/h6,12H,4-5H2,1-3H3. The first-order valence-corrected chi connectivity index (χ1v) is 4.44. The smallest absolute Gasteiger partial charge is 0.252 e. The lowest BCUT2D eigenvalue weighted by Gasteiger charge is -2.47. The highest BCUT2D eigenvalue weighted by Crippen LogP contribution is 2.46. The van der Waals surface area contributed by atoms with Gasteiger partial charge in [-0.05, 0) is 20.8 Å². The fourth-order valence-electron chi connectivity index (χ4n) is 1.84. The van der Waals surface area contributed by atoms with Crippen molar-refractivity contribution in [3.63, 3.8) is 0 Å². The lowest BCUT2D eigenvalue weighted by atomic mass is 9.70. The quantitative estimate of drug-likeness (QED) is 0.736. The van der Waals surface area contributed by atoms with Gasteiger partial charge in [-0.1, -0.05) is 0 Å². The molecule has 0 bridgehead atoms. The minimum Gasteiger partial charge on any atom is -0.302 e. The van der Waals surface area contributed by atoms with Crippen LogP contribution in [0, 0.1) is 0 Å². The molecule has 4 heteroatoms. The number of hydrogen-bond acceptors (Lipinski definition) is 2. The summed E-state index contributed by atoms with van der Waals surface area (Å²) in [6, 6.07) is 0.0556. The van der Waals surface area contributed by atoms with Crippen LogP contribution >= 0.6 is 0 Å². The van der Waals surface area contributed by atoms with Gasteiger partial charge < -0.3 is 5.32 Å². The van der Waals surface area contributed by atoms with Crippen molar-refractivity contribution in [3.8, 4) is 0 Å². The van der Waals surface area contributed by atoms with Gasteiger partial charge in [0.2, 0.25) is 0 Å². The van der Waals surface area contributed by atoms with Gasteiger partial charge in [-0.2, -0.15) is 0 Å². The van der Waals surface area contributed by atoms with Gasteiger partial charge in [-0.3, -0.25) is 4.79 Å². The molecule has 13 heavy (non-hydrogen) atoms. The molecule has 0 aromatic rings. The molecule has 0 amide bonds. The largest absolute Gasteiger partial charge is 0.302 e. The summed E-state index contributed by atoms with van der Waals surface area (Å²) in [5.41, 5.74) is -0.961. The van der Waals surface area contributed by atoms with E-state index in [1.165, 1.54) is 6.92 Å². The molecule has 0 atom stereocenters. The number of alkyl halides is 2. The van der Waals surface area contributed by atoms with Gasteiger partial charge in [0.15, 0.2) is 0 Å². The van der Waals surface area contributed by atoms with Crippen LogP contribution in [0.15, 0.2) is 0 Å². The molecule has 1 N–H and O–H groups in total. The third-order valence-corrected chi connectivity index (χ3v) is 2.36. The molecule has 0 aliphatic heterocycles. The molecule has 76 valence electrons. The Morgan fingerprint density at radius 3 is 2.08 bits per heavy atom. The van der Waals surface area contributed by atoms with E-state index in [2.05, 4.69) is 5.32 Å². The fraction of sp³-hybridized carbons (Fsp3) is 0.889. The molecule has 1 aliphatic carbocycles. The Morgan fingerprint density at radius 2 is 1.85 bits per heavy atom. The Kier molecular flexibility index (Phi) is 2.45. The minimum absolute atomic E-state index is 0.0556. The van der Waals surface area contributed by atoms with E-state index >= 15 is 0 Å². The maximum absolute atomic E-state index is 12.7. The monoisotopic (exact) mass is 191 g/mol. The number of Topliss-reactive ketones (excluding diaryl/α,β-unsaturated/α-hetero) is 1. The molecular weight excluding hydrogens is 176 g/mol. The highest BCUT2D eigenvalue weighted by Gasteiger charge is 2.59. The molecule has 0 unspecified atom stereocenters. The van der Waals surface area contributed by atoms with Crippen LogP contribution in [-0.2, 0) is 4.79 Å². The summed E-state index contributed by atoms with van der Waals surface area (Å²) in [7, 11) is 0. The number of carbonyl (C=O) groups is 1. The van der Waals surface area contributed by atoms with Gasteiger partial charge in [0.25, 0.3) is 5.92 Å². The minimum atomic E-state index is -2.66. The zero-order valence-corrected chi connectivity index (χ0v) is 8.16. The molecule has 1 fully saturated rings. The van der Waals surface area contributed by atoms with Crippen molar-refractivity contribution in [1.29, 1.82) is 0 Å². The van der Waals surface area contributed by atoms with E-state index in [0.717, 1.165) is 0 Å². The lowest BCUT2D eigenvalue weighted by molar-refractivity contribution is -0.160. The molecule has 1 aliphatic rings. The summed E-state index contributed by atoms with van der Waals surface area (Å²) >= 11 is 0. The normalized spacial score (nSPS) is 24.2. The van der Waals surface area contributed by atoms with Crippen LogP contribution in [0.1, 0.15) is 33.6 Å². The summed E-state index contributed by atoms with van der Waals surface area (Å²) < 4.78 is 25.3. The average molecular weight is 191 g/mol. The van der Waals surface area contributed by atoms with Crippen LogP contribution in [0.25, 0.3) is 0 Å². The first kappa shape index (κ1) is 10.6. The fourth-order valence-corrected chi connectivity index (χ4v) is 1.84. The van der Waals surface area contributed by atoms with Crippen LogP contribution in [0.5, 0.6) is 0 Å². The number of halogens is 2. The van der Waals surface area contributed by atoms with Crippen molar-refractivity contribution in [2.24, 2.45) is 0 Å². The van der Waals surface area contributed by atoms with Crippen molar-refractivity contribution < 1.29 is 13.6 Å². The predicted molar refractivity (Wildman–Crippen MR) is 45.9 cm³/mol. The Bertz CT molecular complexity index is 212. The molecule has 0 saturated heterocycles. The summed E-state index contributed by atoms with van der Waals surface area (Å²) in [6.07, 6.45) is -0.707. The van der Waals surface area contributed by atoms with Crippen LogP contribution in [0.3, 0.4) is 0 Å². The maximum atomic E-state index is 12.7. The van der Waals surface area contributed by atoms with Crippen LogP contribution in [0.4, 0.5) is 8.78 Å². The molecule has 0 spiro atoms. The van der Waals surface area contributed by atoms with Gasteiger partial charge in [0.05, 0.1) is 5.54 Å². The Morgan fingerprint density at radius 1 is 1.38 bits per heavy atom. The molecular formula is C9H15F2NO. The van der Waals surface area contributed by atoms with E-state index in [1.807, 2.05) is 13.8 Å². The average Bonchev–Trinajstić information content (AvgIpc) is 1.80. The van der Waals surface area contributed by atoms with Gasteiger partial charge >= 0.3 is 0 Å². The third kappa shape index (κ3) is 2.05. The van der Waals surface area contributed by atoms with E-state index < -0.39 is 11.5 Å². The molecule has 1 saturated carbocycles. The number of nitrogens with one attached hydrogen (secondary N) is 1. The number of hydrogen-bond donors (Lipinski definition) is 1. The summed E-state index contributed by atoms with van der Waals surface area (Å²) in [4.78, 5) is 11.2.